The lowest BCUT2D eigenvalue weighted by molar-refractivity contribution is 0.317. The molecule has 0 saturated heterocycles. The van der Waals surface area contributed by atoms with E-state index in [9.17, 15) is 17.7 Å². The zero-order valence-electron chi connectivity index (χ0n) is 7.00. The third-order valence-electron chi connectivity index (χ3n) is 1.95. The average molecular weight is 186 g/mol. The molecule has 0 aromatic carbocycles. The molecule has 0 unspecified atom stereocenters. The third-order valence-corrected chi connectivity index (χ3v) is 5.32. The molecule has 0 aliphatic heterocycles. The Hall–Kier alpha value is -0.0000000000000000555. The van der Waals surface area contributed by atoms with Crippen molar-refractivity contribution in [3.05, 3.63) is 0 Å². The van der Waals surface area contributed by atoms with Gasteiger partial charge in [-0.3, -0.25) is 0 Å². The van der Waals surface area contributed by atoms with Crippen LogP contribution in [-0.4, -0.2) is 30.5 Å². The monoisotopic (exact) mass is 186 g/mol. The second kappa shape index (κ2) is 2.50. The molecule has 3 nitrogen and oxygen atoms in total. The van der Waals surface area contributed by atoms with Gasteiger partial charge in [0.1, 0.15) is 6.67 Å². The molecule has 0 rings (SSSR count). The molecular weight excluding hydrogens is 171 g/mol. The highest BCUT2D eigenvalue weighted by Gasteiger charge is 2.46. The fourth-order valence-electron chi connectivity index (χ4n) is 0.500. The van der Waals surface area contributed by atoms with Gasteiger partial charge in [-0.05, 0) is 13.8 Å². The quantitative estimate of drug-likeness (QED) is 0.702. The smallest absolute Gasteiger partial charge is 0.109 e. The van der Waals surface area contributed by atoms with Gasteiger partial charge in [0.15, 0.2) is 0 Å². The Morgan fingerprint density at radius 2 is 1.82 bits per heavy atom. The van der Waals surface area contributed by atoms with Gasteiger partial charge in [0.05, 0.1) is 14.4 Å². The molecule has 0 spiro atoms. The second-order valence-electron chi connectivity index (χ2n) is 3.20. The Balaban J connectivity index is 4.98. The molecule has 0 amide bonds. The molecule has 0 saturated carbocycles. The first-order valence-corrected chi connectivity index (χ1v) is 5.40. The minimum absolute atomic E-state index is 0.339. The predicted octanol–water partition coefficient (Wildman–Crippen LogP) is 1.52. The fourth-order valence-corrected chi connectivity index (χ4v) is 1.50. The molecule has 0 aromatic rings. The van der Waals surface area contributed by atoms with Gasteiger partial charge in [-0.2, -0.15) is 0 Å². The van der Waals surface area contributed by atoms with Crippen molar-refractivity contribution in [2.45, 2.75) is 25.5 Å². The highest BCUT2D eigenvalue weighted by molar-refractivity contribution is 8.11. The Morgan fingerprint density at radius 3 is 1.91 bits per heavy atom. The van der Waals surface area contributed by atoms with Crippen LogP contribution in [0.15, 0.2) is 0 Å². The van der Waals surface area contributed by atoms with Crippen molar-refractivity contribution in [3.8, 4) is 0 Å². The van der Waals surface area contributed by atoms with Gasteiger partial charge < -0.3 is 9.11 Å². The first-order chi connectivity index (χ1) is 4.65. The van der Waals surface area contributed by atoms with Crippen molar-refractivity contribution in [2.75, 3.05) is 12.4 Å². The summed E-state index contributed by atoms with van der Waals surface area (Å²) in [5, 5.41) is 0. The van der Waals surface area contributed by atoms with Gasteiger partial charge in [0.25, 0.3) is 0 Å². The maximum atomic E-state index is 12.2. The molecule has 0 aromatic heterocycles. The molecular formula is C6H15FO3S. The SMILES string of the molecule is CCS(=O)(O)(O)C(C)(C)CF. The van der Waals surface area contributed by atoms with Crippen LogP contribution in [0.2, 0.25) is 0 Å². The molecule has 0 bridgehead atoms. The van der Waals surface area contributed by atoms with E-state index in [1.165, 1.54) is 20.8 Å². The van der Waals surface area contributed by atoms with E-state index in [1.807, 2.05) is 0 Å². The summed E-state index contributed by atoms with van der Waals surface area (Å²) in [5.41, 5.74) is 0. The highest BCUT2D eigenvalue weighted by atomic mass is 32.3. The van der Waals surface area contributed by atoms with Crippen molar-refractivity contribution in [2.24, 2.45) is 0 Å². The summed E-state index contributed by atoms with van der Waals surface area (Å²) in [6, 6.07) is 0. The van der Waals surface area contributed by atoms with E-state index in [1.54, 1.807) is 0 Å². The number of hydrogen-bond donors (Lipinski definition) is 2. The van der Waals surface area contributed by atoms with Gasteiger partial charge in [-0.15, -0.1) is 0 Å². The minimum Gasteiger partial charge on any atom is -0.307 e. The Labute approximate surface area is 66.0 Å². The minimum atomic E-state index is -4.75. The van der Waals surface area contributed by atoms with Crippen LogP contribution in [-0.2, 0) is 9.63 Å². The first-order valence-electron chi connectivity index (χ1n) is 3.35. The van der Waals surface area contributed by atoms with E-state index in [2.05, 4.69) is 0 Å². The molecule has 2 N–H and O–H groups in total. The molecule has 0 radical (unpaired) electrons. The van der Waals surface area contributed by atoms with Gasteiger partial charge in [0, 0.05) is 5.75 Å². The second-order valence-corrected chi connectivity index (χ2v) is 6.92. The van der Waals surface area contributed by atoms with E-state index >= 15 is 0 Å². The van der Waals surface area contributed by atoms with E-state index in [-0.39, 0.29) is 5.75 Å². The summed E-state index contributed by atoms with van der Waals surface area (Å²) in [4.78, 5) is 0. The molecule has 5 heteroatoms. The molecule has 0 heterocycles. The summed E-state index contributed by atoms with van der Waals surface area (Å²) in [6.07, 6.45) is 0. The van der Waals surface area contributed by atoms with Gasteiger partial charge in [-0.25, -0.2) is 8.60 Å². The van der Waals surface area contributed by atoms with Gasteiger partial charge in [-0.1, -0.05) is 6.92 Å². The lowest BCUT2D eigenvalue weighted by Gasteiger charge is -2.42. The molecule has 0 aliphatic rings. The van der Waals surface area contributed by atoms with Gasteiger partial charge in [0.2, 0.25) is 0 Å². The zero-order valence-corrected chi connectivity index (χ0v) is 7.82. The number of alkyl halides is 1. The topological polar surface area (TPSA) is 57.5 Å². The summed E-state index contributed by atoms with van der Waals surface area (Å²) in [6.45, 7) is 2.79. The van der Waals surface area contributed by atoms with Crippen molar-refractivity contribution in [3.63, 3.8) is 0 Å². The van der Waals surface area contributed by atoms with Gasteiger partial charge >= 0.3 is 0 Å². The maximum absolute atomic E-state index is 12.2. The lowest BCUT2D eigenvalue weighted by atomic mass is 10.2. The van der Waals surface area contributed by atoms with Crippen LogP contribution < -0.4 is 0 Å². The number of halogens is 1. The van der Waals surface area contributed by atoms with Crippen LogP contribution in [0.4, 0.5) is 4.39 Å². The van der Waals surface area contributed by atoms with Crippen LogP contribution in [0.25, 0.3) is 0 Å². The molecule has 0 atom stereocenters. The Bertz CT molecular complexity index is 206. The van der Waals surface area contributed by atoms with Crippen LogP contribution in [0.3, 0.4) is 0 Å². The lowest BCUT2D eigenvalue weighted by Crippen LogP contribution is -2.54. The first kappa shape index (κ1) is 11.0. The summed E-state index contributed by atoms with van der Waals surface area (Å²) < 4.78 is 40.3. The fraction of sp³-hybridized carbons (Fsp3) is 1.00. The van der Waals surface area contributed by atoms with E-state index in [0.717, 1.165) is 0 Å². The van der Waals surface area contributed by atoms with Crippen molar-refractivity contribution < 1.29 is 17.7 Å². The van der Waals surface area contributed by atoms with Crippen molar-refractivity contribution in [1.82, 2.24) is 0 Å². The third kappa shape index (κ3) is 1.77. The molecule has 0 aliphatic carbocycles. The number of hydrogen-bond acceptors (Lipinski definition) is 1. The predicted molar refractivity (Wildman–Crippen MR) is 44.0 cm³/mol. The Morgan fingerprint density at radius 1 is 1.45 bits per heavy atom. The van der Waals surface area contributed by atoms with Crippen LogP contribution in [0.5, 0.6) is 0 Å². The summed E-state index contributed by atoms with van der Waals surface area (Å²) in [7, 11) is -4.75. The van der Waals surface area contributed by atoms with Crippen LogP contribution in [0.1, 0.15) is 20.8 Å². The maximum Gasteiger partial charge on any atom is 0.109 e. The van der Waals surface area contributed by atoms with E-state index < -0.39 is 21.0 Å². The van der Waals surface area contributed by atoms with E-state index in [0.29, 0.717) is 0 Å². The van der Waals surface area contributed by atoms with Crippen molar-refractivity contribution in [1.29, 1.82) is 0 Å². The average Bonchev–Trinajstić information content (AvgIpc) is 1.87. The number of rotatable bonds is 3. The van der Waals surface area contributed by atoms with Crippen LogP contribution in [0, 0.1) is 0 Å². The molecule has 11 heavy (non-hydrogen) atoms. The van der Waals surface area contributed by atoms with Crippen LogP contribution >= 0.6 is 0 Å². The Kier molecular flexibility index (Phi) is 2.50. The summed E-state index contributed by atoms with van der Waals surface area (Å²) >= 11 is 0. The van der Waals surface area contributed by atoms with E-state index in [4.69, 9.17) is 0 Å². The molecule has 70 valence electrons. The zero-order chi connectivity index (χ0) is 9.36. The highest BCUT2D eigenvalue weighted by Crippen LogP contribution is 2.33. The standard InChI is InChI=1S/C6H15FO3S/c1-4-11(8,9,10)6(2,3)5-7/h4-5H2,1-3H3,(H2,8,9,10). The normalized spacial score (nSPS) is 17.5. The molecule has 0 fully saturated rings. The largest absolute Gasteiger partial charge is 0.307 e. The summed E-state index contributed by atoms with van der Waals surface area (Å²) in [5.74, 6) is -0.339. The van der Waals surface area contributed by atoms with Crippen molar-refractivity contribution >= 4 is 9.63 Å².